The topological polar surface area (TPSA) is 12.0 Å². The maximum atomic E-state index is 3.83. The average Bonchev–Trinajstić information content (AvgIpc) is 2.20. The van der Waals surface area contributed by atoms with Gasteiger partial charge < -0.3 is 5.32 Å². The first-order valence-corrected chi connectivity index (χ1v) is 7.55. The first kappa shape index (κ1) is 12.2. The first-order chi connectivity index (χ1) is 8.72. The molecule has 2 aliphatic carbocycles. The quantitative estimate of drug-likeness (QED) is 0.842. The van der Waals surface area contributed by atoms with Crippen LogP contribution in [0, 0.1) is 12.8 Å². The standard InChI is InChI=1S/C17H25N/c1-12-5-3-8-15(9-12)16-10-17(11-16)18-13(2)14-6-4-7-14/h3,5,8-9,13-14,16-18H,4,6-7,10-11H2,1-2H3. The predicted molar refractivity (Wildman–Crippen MR) is 76.9 cm³/mol. The molecule has 0 heterocycles. The lowest BCUT2D eigenvalue weighted by molar-refractivity contribution is 0.188. The van der Waals surface area contributed by atoms with E-state index in [2.05, 4.69) is 43.4 Å². The van der Waals surface area contributed by atoms with Crippen molar-refractivity contribution in [2.24, 2.45) is 5.92 Å². The molecule has 0 aromatic heterocycles. The number of nitrogens with one attached hydrogen (secondary N) is 1. The number of hydrogen-bond acceptors (Lipinski definition) is 1. The molecule has 0 aliphatic heterocycles. The molecule has 0 radical (unpaired) electrons. The summed E-state index contributed by atoms with van der Waals surface area (Å²) in [7, 11) is 0. The summed E-state index contributed by atoms with van der Waals surface area (Å²) in [4.78, 5) is 0. The molecule has 18 heavy (non-hydrogen) atoms. The second-order valence-electron chi connectivity index (χ2n) is 6.43. The van der Waals surface area contributed by atoms with E-state index in [1.807, 2.05) is 0 Å². The van der Waals surface area contributed by atoms with Crippen molar-refractivity contribution in [1.29, 1.82) is 0 Å². The Bertz CT molecular complexity index is 402. The Morgan fingerprint density at radius 2 is 2.00 bits per heavy atom. The third kappa shape index (κ3) is 2.47. The summed E-state index contributed by atoms with van der Waals surface area (Å²) in [6.07, 6.45) is 7.01. The summed E-state index contributed by atoms with van der Waals surface area (Å²) in [5.74, 6) is 1.76. The summed E-state index contributed by atoms with van der Waals surface area (Å²) >= 11 is 0. The molecular formula is C17H25N. The van der Waals surface area contributed by atoms with E-state index in [1.54, 1.807) is 5.56 Å². The molecule has 1 aromatic rings. The summed E-state index contributed by atoms with van der Waals surface area (Å²) in [5.41, 5.74) is 2.94. The lowest BCUT2D eigenvalue weighted by Crippen LogP contribution is -2.48. The van der Waals surface area contributed by atoms with Gasteiger partial charge in [0.05, 0.1) is 0 Å². The Kier molecular flexibility index (Phi) is 3.43. The fourth-order valence-electron chi connectivity index (χ4n) is 3.40. The van der Waals surface area contributed by atoms with Crippen molar-refractivity contribution in [2.75, 3.05) is 0 Å². The summed E-state index contributed by atoms with van der Waals surface area (Å²) in [6, 6.07) is 10.5. The SMILES string of the molecule is Cc1cccc(C2CC(NC(C)C3CCC3)C2)c1. The molecule has 2 saturated carbocycles. The highest BCUT2D eigenvalue weighted by molar-refractivity contribution is 5.27. The highest BCUT2D eigenvalue weighted by atomic mass is 15.0. The molecule has 0 spiro atoms. The summed E-state index contributed by atoms with van der Waals surface area (Å²) in [6.45, 7) is 4.57. The van der Waals surface area contributed by atoms with Gasteiger partial charge in [-0.1, -0.05) is 36.2 Å². The highest BCUT2D eigenvalue weighted by Crippen LogP contribution is 2.38. The fourth-order valence-corrected chi connectivity index (χ4v) is 3.40. The zero-order chi connectivity index (χ0) is 12.5. The minimum atomic E-state index is 0.738. The lowest BCUT2D eigenvalue weighted by Gasteiger charge is -2.41. The number of hydrogen-bond donors (Lipinski definition) is 1. The predicted octanol–water partition coefficient (Wildman–Crippen LogP) is 4.02. The van der Waals surface area contributed by atoms with Crippen LogP contribution in [0.1, 0.15) is 56.1 Å². The average molecular weight is 243 g/mol. The molecule has 1 unspecified atom stereocenters. The summed E-state index contributed by atoms with van der Waals surface area (Å²) in [5, 5.41) is 3.83. The lowest BCUT2D eigenvalue weighted by atomic mass is 9.74. The van der Waals surface area contributed by atoms with Crippen molar-refractivity contribution in [2.45, 2.75) is 64.0 Å². The van der Waals surface area contributed by atoms with Crippen molar-refractivity contribution >= 4 is 0 Å². The number of benzene rings is 1. The maximum Gasteiger partial charge on any atom is 0.00813 e. The normalized spacial score (nSPS) is 29.4. The minimum absolute atomic E-state index is 0.738. The van der Waals surface area contributed by atoms with Crippen LogP contribution in [0.3, 0.4) is 0 Å². The zero-order valence-corrected chi connectivity index (χ0v) is 11.7. The van der Waals surface area contributed by atoms with Gasteiger partial charge in [-0.2, -0.15) is 0 Å². The van der Waals surface area contributed by atoms with Gasteiger partial charge in [0.15, 0.2) is 0 Å². The molecule has 3 rings (SSSR count). The van der Waals surface area contributed by atoms with E-state index in [1.165, 1.54) is 37.7 Å². The van der Waals surface area contributed by atoms with Crippen LogP contribution in [-0.4, -0.2) is 12.1 Å². The minimum Gasteiger partial charge on any atom is -0.311 e. The molecule has 1 nitrogen and oxygen atoms in total. The molecule has 1 N–H and O–H groups in total. The van der Waals surface area contributed by atoms with Crippen LogP contribution in [-0.2, 0) is 0 Å². The van der Waals surface area contributed by atoms with Crippen LogP contribution in [0.2, 0.25) is 0 Å². The van der Waals surface area contributed by atoms with E-state index < -0.39 is 0 Å². The Labute approximate surface area is 111 Å². The van der Waals surface area contributed by atoms with Crippen molar-refractivity contribution < 1.29 is 0 Å². The molecular weight excluding hydrogens is 218 g/mol. The largest absolute Gasteiger partial charge is 0.311 e. The zero-order valence-electron chi connectivity index (χ0n) is 11.7. The number of rotatable bonds is 4. The van der Waals surface area contributed by atoms with Gasteiger partial charge in [0, 0.05) is 12.1 Å². The third-order valence-electron chi connectivity index (χ3n) is 5.01. The molecule has 1 aromatic carbocycles. The van der Waals surface area contributed by atoms with Crippen LogP contribution < -0.4 is 5.32 Å². The van der Waals surface area contributed by atoms with Crippen LogP contribution in [0.4, 0.5) is 0 Å². The Balaban J connectivity index is 1.48. The van der Waals surface area contributed by atoms with E-state index in [0.29, 0.717) is 0 Å². The van der Waals surface area contributed by atoms with E-state index in [-0.39, 0.29) is 0 Å². The van der Waals surface area contributed by atoms with Gasteiger partial charge in [-0.05, 0) is 56.9 Å². The molecule has 0 amide bonds. The van der Waals surface area contributed by atoms with Gasteiger partial charge >= 0.3 is 0 Å². The van der Waals surface area contributed by atoms with Crippen LogP contribution in [0.25, 0.3) is 0 Å². The van der Waals surface area contributed by atoms with Crippen molar-refractivity contribution in [3.63, 3.8) is 0 Å². The van der Waals surface area contributed by atoms with Gasteiger partial charge in [0.25, 0.3) is 0 Å². The third-order valence-corrected chi connectivity index (χ3v) is 5.01. The van der Waals surface area contributed by atoms with Gasteiger partial charge in [0.2, 0.25) is 0 Å². The fraction of sp³-hybridized carbons (Fsp3) is 0.647. The van der Waals surface area contributed by atoms with Gasteiger partial charge in [0.1, 0.15) is 0 Å². The molecule has 2 aliphatic rings. The van der Waals surface area contributed by atoms with Crippen molar-refractivity contribution in [1.82, 2.24) is 5.32 Å². The maximum absolute atomic E-state index is 3.83. The van der Waals surface area contributed by atoms with E-state index >= 15 is 0 Å². The Hall–Kier alpha value is -0.820. The molecule has 98 valence electrons. The van der Waals surface area contributed by atoms with Gasteiger partial charge in [-0.25, -0.2) is 0 Å². The molecule has 0 bridgehead atoms. The van der Waals surface area contributed by atoms with Gasteiger partial charge in [-0.3, -0.25) is 0 Å². The monoisotopic (exact) mass is 243 g/mol. The van der Waals surface area contributed by atoms with Crippen LogP contribution in [0.5, 0.6) is 0 Å². The van der Waals surface area contributed by atoms with Crippen LogP contribution in [0.15, 0.2) is 24.3 Å². The molecule has 2 fully saturated rings. The van der Waals surface area contributed by atoms with E-state index in [9.17, 15) is 0 Å². The second kappa shape index (κ2) is 5.05. The second-order valence-corrected chi connectivity index (χ2v) is 6.43. The molecule has 1 atom stereocenters. The molecule has 0 saturated heterocycles. The van der Waals surface area contributed by atoms with Gasteiger partial charge in [-0.15, -0.1) is 0 Å². The van der Waals surface area contributed by atoms with Crippen molar-refractivity contribution in [3.8, 4) is 0 Å². The Morgan fingerprint density at radius 1 is 1.22 bits per heavy atom. The van der Waals surface area contributed by atoms with E-state index in [4.69, 9.17) is 0 Å². The highest BCUT2D eigenvalue weighted by Gasteiger charge is 2.33. The summed E-state index contributed by atoms with van der Waals surface area (Å²) < 4.78 is 0. The first-order valence-electron chi connectivity index (χ1n) is 7.55. The Morgan fingerprint density at radius 3 is 2.61 bits per heavy atom. The number of aryl methyl sites for hydroxylation is 1. The van der Waals surface area contributed by atoms with Crippen LogP contribution >= 0.6 is 0 Å². The molecule has 1 heteroatoms. The van der Waals surface area contributed by atoms with Crippen molar-refractivity contribution in [3.05, 3.63) is 35.4 Å². The smallest absolute Gasteiger partial charge is 0.00813 e. The van der Waals surface area contributed by atoms with E-state index in [0.717, 1.165) is 23.9 Å².